The van der Waals surface area contributed by atoms with E-state index in [1.807, 2.05) is 6.92 Å². The van der Waals surface area contributed by atoms with Crippen molar-refractivity contribution in [1.29, 1.82) is 5.26 Å². The highest BCUT2D eigenvalue weighted by Crippen LogP contribution is 2.45. The molecule has 0 aromatic heterocycles. The van der Waals surface area contributed by atoms with Crippen molar-refractivity contribution in [3.8, 4) is 6.07 Å². The molecule has 1 aliphatic rings. The standard InChI is InChI=1S/C12H11ClFN/c1-8-5-10(13)11(14)6-9(8)12(7-15)3-2-4-12/h5-6H,2-4H2,1H3. The van der Waals surface area contributed by atoms with Crippen molar-refractivity contribution >= 4 is 11.6 Å². The van der Waals surface area contributed by atoms with Crippen LogP contribution < -0.4 is 0 Å². The zero-order valence-electron chi connectivity index (χ0n) is 8.48. The van der Waals surface area contributed by atoms with Gasteiger partial charge in [0, 0.05) is 0 Å². The lowest BCUT2D eigenvalue weighted by Crippen LogP contribution is -2.33. The van der Waals surface area contributed by atoms with Crippen LogP contribution in [0.1, 0.15) is 30.4 Å². The smallest absolute Gasteiger partial charge is 0.142 e. The number of aryl methyl sites for hydroxylation is 1. The zero-order chi connectivity index (χ0) is 11.1. The van der Waals surface area contributed by atoms with Gasteiger partial charge in [-0.05, 0) is 49.4 Å². The van der Waals surface area contributed by atoms with Gasteiger partial charge in [0.25, 0.3) is 0 Å². The van der Waals surface area contributed by atoms with Crippen molar-refractivity contribution in [2.75, 3.05) is 0 Å². The fourth-order valence-corrected chi connectivity index (χ4v) is 2.35. The quantitative estimate of drug-likeness (QED) is 0.712. The fourth-order valence-electron chi connectivity index (χ4n) is 2.13. The van der Waals surface area contributed by atoms with E-state index >= 15 is 0 Å². The summed E-state index contributed by atoms with van der Waals surface area (Å²) in [6.45, 7) is 1.87. The lowest BCUT2D eigenvalue weighted by atomic mass is 9.64. The van der Waals surface area contributed by atoms with Gasteiger partial charge in [-0.15, -0.1) is 0 Å². The Kier molecular flexibility index (Phi) is 2.44. The van der Waals surface area contributed by atoms with Gasteiger partial charge in [-0.3, -0.25) is 0 Å². The van der Waals surface area contributed by atoms with E-state index in [0.717, 1.165) is 30.4 Å². The predicted octanol–water partition coefficient (Wildman–Crippen LogP) is 3.73. The van der Waals surface area contributed by atoms with Gasteiger partial charge in [0.15, 0.2) is 0 Å². The first-order chi connectivity index (χ1) is 7.09. The minimum Gasteiger partial charge on any atom is -0.205 e. The molecule has 15 heavy (non-hydrogen) atoms. The third-order valence-corrected chi connectivity index (χ3v) is 3.49. The largest absolute Gasteiger partial charge is 0.205 e. The Hall–Kier alpha value is -1.07. The molecule has 0 bridgehead atoms. The third kappa shape index (κ3) is 1.52. The van der Waals surface area contributed by atoms with Crippen molar-refractivity contribution < 1.29 is 4.39 Å². The van der Waals surface area contributed by atoms with Gasteiger partial charge in [0.05, 0.1) is 16.5 Å². The highest BCUT2D eigenvalue weighted by atomic mass is 35.5. The SMILES string of the molecule is Cc1cc(Cl)c(F)cc1C1(C#N)CCC1. The van der Waals surface area contributed by atoms with Crippen LogP contribution in [-0.4, -0.2) is 0 Å². The van der Waals surface area contributed by atoms with Crippen LogP contribution >= 0.6 is 11.6 Å². The Labute approximate surface area is 93.5 Å². The van der Waals surface area contributed by atoms with Crippen LogP contribution in [0.15, 0.2) is 12.1 Å². The molecule has 2 rings (SSSR count). The normalized spacial score (nSPS) is 18.0. The number of benzene rings is 1. The van der Waals surface area contributed by atoms with Crippen molar-refractivity contribution in [3.63, 3.8) is 0 Å². The summed E-state index contributed by atoms with van der Waals surface area (Å²) in [6, 6.07) is 5.33. The van der Waals surface area contributed by atoms with Crippen LogP contribution in [0.5, 0.6) is 0 Å². The second-order valence-electron chi connectivity index (χ2n) is 4.13. The molecular weight excluding hydrogens is 213 g/mol. The van der Waals surface area contributed by atoms with E-state index in [0.29, 0.717) is 0 Å². The number of hydrogen-bond donors (Lipinski definition) is 0. The summed E-state index contributed by atoms with van der Waals surface area (Å²) < 4.78 is 13.3. The lowest BCUT2D eigenvalue weighted by molar-refractivity contribution is 0.321. The monoisotopic (exact) mass is 223 g/mol. The Balaban J connectivity index is 2.54. The highest BCUT2D eigenvalue weighted by molar-refractivity contribution is 6.30. The highest BCUT2D eigenvalue weighted by Gasteiger charge is 2.40. The number of rotatable bonds is 1. The first-order valence-electron chi connectivity index (χ1n) is 4.96. The van der Waals surface area contributed by atoms with Gasteiger partial charge < -0.3 is 0 Å². The molecule has 1 saturated carbocycles. The van der Waals surface area contributed by atoms with E-state index in [-0.39, 0.29) is 5.02 Å². The molecule has 1 fully saturated rings. The molecule has 1 aliphatic carbocycles. The number of nitrogens with zero attached hydrogens (tertiary/aromatic N) is 1. The predicted molar refractivity (Wildman–Crippen MR) is 57.3 cm³/mol. The van der Waals surface area contributed by atoms with E-state index < -0.39 is 11.2 Å². The molecule has 0 atom stereocenters. The lowest BCUT2D eigenvalue weighted by Gasteiger charge is -2.36. The maximum absolute atomic E-state index is 13.3. The maximum atomic E-state index is 13.3. The Morgan fingerprint density at radius 1 is 1.47 bits per heavy atom. The van der Waals surface area contributed by atoms with Crippen LogP contribution in [0.3, 0.4) is 0 Å². The molecule has 3 heteroatoms. The van der Waals surface area contributed by atoms with E-state index in [9.17, 15) is 4.39 Å². The molecule has 78 valence electrons. The van der Waals surface area contributed by atoms with Crippen LogP contribution in [-0.2, 0) is 5.41 Å². The van der Waals surface area contributed by atoms with Crippen molar-refractivity contribution in [2.45, 2.75) is 31.6 Å². The van der Waals surface area contributed by atoms with Gasteiger partial charge in [-0.2, -0.15) is 5.26 Å². The van der Waals surface area contributed by atoms with Gasteiger partial charge >= 0.3 is 0 Å². The molecule has 0 N–H and O–H groups in total. The van der Waals surface area contributed by atoms with Crippen LogP contribution in [0.25, 0.3) is 0 Å². The molecular formula is C12H11ClFN. The summed E-state index contributed by atoms with van der Waals surface area (Å²) in [7, 11) is 0. The number of halogens is 2. The minimum atomic E-state index is -0.463. The van der Waals surface area contributed by atoms with E-state index in [1.54, 1.807) is 6.07 Å². The fraction of sp³-hybridized carbons (Fsp3) is 0.417. The van der Waals surface area contributed by atoms with Gasteiger partial charge in [-0.1, -0.05) is 11.6 Å². The Morgan fingerprint density at radius 2 is 2.13 bits per heavy atom. The van der Waals surface area contributed by atoms with Crippen molar-refractivity contribution in [1.82, 2.24) is 0 Å². The number of nitriles is 1. The molecule has 0 spiro atoms. The molecule has 0 radical (unpaired) electrons. The van der Waals surface area contributed by atoms with Gasteiger partial charge in [-0.25, -0.2) is 4.39 Å². The second kappa shape index (κ2) is 3.50. The van der Waals surface area contributed by atoms with Crippen LogP contribution in [0, 0.1) is 24.1 Å². The average molecular weight is 224 g/mol. The summed E-state index contributed by atoms with van der Waals surface area (Å²) in [6.07, 6.45) is 2.69. The second-order valence-corrected chi connectivity index (χ2v) is 4.54. The zero-order valence-corrected chi connectivity index (χ0v) is 9.24. The van der Waals surface area contributed by atoms with Crippen LogP contribution in [0.4, 0.5) is 4.39 Å². The molecule has 0 heterocycles. The molecule has 0 aliphatic heterocycles. The van der Waals surface area contributed by atoms with Crippen LogP contribution in [0.2, 0.25) is 5.02 Å². The number of hydrogen-bond acceptors (Lipinski definition) is 1. The average Bonchev–Trinajstić information content (AvgIpc) is 2.12. The first kappa shape index (κ1) is 10.4. The molecule has 1 aromatic rings. The van der Waals surface area contributed by atoms with E-state index in [1.165, 1.54) is 6.07 Å². The van der Waals surface area contributed by atoms with Crippen molar-refractivity contribution in [3.05, 3.63) is 34.1 Å². The topological polar surface area (TPSA) is 23.8 Å². The Bertz CT molecular complexity index is 444. The molecule has 1 aromatic carbocycles. The molecule has 0 unspecified atom stereocenters. The minimum absolute atomic E-state index is 0.128. The molecule has 0 amide bonds. The summed E-state index contributed by atoms with van der Waals surface area (Å²) in [4.78, 5) is 0. The Morgan fingerprint density at radius 3 is 2.60 bits per heavy atom. The van der Waals surface area contributed by atoms with Crippen molar-refractivity contribution in [2.24, 2.45) is 0 Å². The van der Waals surface area contributed by atoms with Gasteiger partial charge in [0.1, 0.15) is 5.82 Å². The summed E-state index contributed by atoms with van der Waals surface area (Å²) in [5.41, 5.74) is 1.25. The summed E-state index contributed by atoms with van der Waals surface area (Å²) in [5.74, 6) is -0.432. The molecule has 1 nitrogen and oxygen atoms in total. The molecule has 0 saturated heterocycles. The maximum Gasteiger partial charge on any atom is 0.142 e. The van der Waals surface area contributed by atoms with E-state index in [2.05, 4.69) is 6.07 Å². The van der Waals surface area contributed by atoms with Gasteiger partial charge in [0.2, 0.25) is 0 Å². The first-order valence-corrected chi connectivity index (χ1v) is 5.34. The summed E-state index contributed by atoms with van der Waals surface area (Å²) in [5, 5.41) is 9.30. The summed E-state index contributed by atoms with van der Waals surface area (Å²) >= 11 is 5.68. The van der Waals surface area contributed by atoms with E-state index in [4.69, 9.17) is 16.9 Å². The third-order valence-electron chi connectivity index (χ3n) is 3.20.